The van der Waals surface area contributed by atoms with E-state index in [-0.39, 0.29) is 5.91 Å². The van der Waals surface area contributed by atoms with Gasteiger partial charge in [-0.2, -0.15) is 0 Å². The van der Waals surface area contributed by atoms with Gasteiger partial charge in [-0.15, -0.1) is 0 Å². The van der Waals surface area contributed by atoms with Crippen LogP contribution in [0.1, 0.15) is 35.8 Å². The Kier molecular flexibility index (Phi) is 6.54. The van der Waals surface area contributed by atoms with Crippen LogP contribution in [0.15, 0.2) is 36.7 Å². The van der Waals surface area contributed by atoms with Crippen LogP contribution in [0.4, 0.5) is 5.82 Å². The number of hydrogen-bond donors (Lipinski definition) is 1. The summed E-state index contributed by atoms with van der Waals surface area (Å²) < 4.78 is 5.29. The zero-order valence-electron chi connectivity index (χ0n) is 14.5. The van der Waals surface area contributed by atoms with Gasteiger partial charge >= 0.3 is 0 Å². The summed E-state index contributed by atoms with van der Waals surface area (Å²) in [4.78, 5) is 22.7. The lowest BCUT2D eigenvalue weighted by Gasteiger charge is -2.17. The summed E-state index contributed by atoms with van der Waals surface area (Å²) in [6.45, 7) is 3.42. The first-order chi connectivity index (χ1) is 11.7. The zero-order valence-corrected chi connectivity index (χ0v) is 14.5. The largest absolute Gasteiger partial charge is 0.496 e. The number of nitrogens with zero attached hydrogens (tertiary/aromatic N) is 3. The molecule has 0 unspecified atom stereocenters. The van der Waals surface area contributed by atoms with Crippen molar-refractivity contribution in [1.82, 2.24) is 15.3 Å². The van der Waals surface area contributed by atoms with Crippen molar-refractivity contribution in [3.63, 3.8) is 0 Å². The second kappa shape index (κ2) is 8.86. The van der Waals surface area contributed by atoms with Gasteiger partial charge in [-0.3, -0.25) is 4.79 Å². The number of hydrogen-bond acceptors (Lipinski definition) is 5. The van der Waals surface area contributed by atoms with Gasteiger partial charge in [0.1, 0.15) is 23.6 Å². The van der Waals surface area contributed by atoms with Crippen LogP contribution in [0.5, 0.6) is 5.75 Å². The minimum absolute atomic E-state index is 0.228. The first-order valence-corrected chi connectivity index (χ1v) is 8.09. The molecule has 0 radical (unpaired) electrons. The smallest absolute Gasteiger partial charge is 0.270 e. The molecule has 0 saturated carbocycles. The molecule has 0 saturated heterocycles. The Bertz CT molecular complexity index is 676. The fourth-order valence-electron chi connectivity index (χ4n) is 2.30. The lowest BCUT2D eigenvalue weighted by molar-refractivity contribution is 0.0945. The molecule has 2 aromatic rings. The van der Waals surface area contributed by atoms with Crippen molar-refractivity contribution in [1.29, 1.82) is 0 Å². The fourth-order valence-corrected chi connectivity index (χ4v) is 2.30. The number of nitrogens with one attached hydrogen (secondary N) is 1. The summed E-state index contributed by atoms with van der Waals surface area (Å²) >= 11 is 0. The van der Waals surface area contributed by atoms with Crippen LogP contribution in [0.2, 0.25) is 0 Å². The molecule has 0 bridgehead atoms. The summed E-state index contributed by atoms with van der Waals surface area (Å²) in [5.41, 5.74) is 1.28. The molecule has 1 heterocycles. The predicted molar refractivity (Wildman–Crippen MR) is 94.4 cm³/mol. The van der Waals surface area contributed by atoms with Gasteiger partial charge in [0, 0.05) is 31.8 Å². The maximum Gasteiger partial charge on any atom is 0.270 e. The summed E-state index contributed by atoms with van der Waals surface area (Å²) in [7, 11) is 3.58. The molecule has 1 N–H and O–H groups in total. The monoisotopic (exact) mass is 328 g/mol. The lowest BCUT2D eigenvalue weighted by atomic mass is 10.2. The van der Waals surface area contributed by atoms with E-state index in [9.17, 15) is 4.79 Å². The van der Waals surface area contributed by atoms with Gasteiger partial charge < -0.3 is 15.0 Å². The van der Waals surface area contributed by atoms with E-state index in [0.717, 1.165) is 36.5 Å². The van der Waals surface area contributed by atoms with Crippen molar-refractivity contribution in [2.45, 2.75) is 26.3 Å². The second-order valence-corrected chi connectivity index (χ2v) is 5.53. The number of amides is 1. The van der Waals surface area contributed by atoms with E-state index in [4.69, 9.17) is 4.74 Å². The van der Waals surface area contributed by atoms with Crippen molar-refractivity contribution in [3.8, 4) is 5.75 Å². The van der Waals surface area contributed by atoms with E-state index in [0.29, 0.717) is 12.2 Å². The molecule has 0 aliphatic heterocycles. The molecule has 128 valence electrons. The van der Waals surface area contributed by atoms with Gasteiger partial charge in [-0.1, -0.05) is 31.5 Å². The van der Waals surface area contributed by atoms with Crippen LogP contribution in [-0.4, -0.2) is 36.6 Å². The summed E-state index contributed by atoms with van der Waals surface area (Å²) in [6, 6.07) is 9.31. The van der Waals surface area contributed by atoms with Crippen LogP contribution < -0.4 is 15.0 Å². The first-order valence-electron chi connectivity index (χ1n) is 8.09. The van der Waals surface area contributed by atoms with Gasteiger partial charge in [-0.25, -0.2) is 9.97 Å². The van der Waals surface area contributed by atoms with Crippen LogP contribution in [0.25, 0.3) is 0 Å². The standard InChI is InChI=1S/C18H24N4O2/c1-4-5-10-22(2)17-11-15(20-13-21-17)18(23)19-12-14-8-6-7-9-16(14)24-3/h6-9,11,13H,4-5,10,12H2,1-3H3,(H,19,23). The van der Waals surface area contributed by atoms with Crippen molar-refractivity contribution in [2.24, 2.45) is 0 Å². The third-order valence-electron chi connectivity index (χ3n) is 3.76. The van der Waals surface area contributed by atoms with Crippen LogP contribution in [-0.2, 0) is 6.54 Å². The molecule has 0 fully saturated rings. The number of anilines is 1. The Hall–Kier alpha value is -2.63. The maximum absolute atomic E-state index is 12.3. The van der Waals surface area contributed by atoms with Crippen molar-refractivity contribution in [3.05, 3.63) is 47.9 Å². The number of benzene rings is 1. The average molecular weight is 328 g/mol. The molecular weight excluding hydrogens is 304 g/mol. The summed E-state index contributed by atoms with van der Waals surface area (Å²) in [5.74, 6) is 1.27. The second-order valence-electron chi connectivity index (χ2n) is 5.53. The minimum atomic E-state index is -0.228. The number of unbranched alkanes of at least 4 members (excludes halogenated alkanes) is 1. The molecule has 6 nitrogen and oxygen atoms in total. The van der Waals surface area contributed by atoms with Crippen LogP contribution >= 0.6 is 0 Å². The van der Waals surface area contributed by atoms with Gasteiger partial charge in [-0.05, 0) is 12.5 Å². The van der Waals surface area contributed by atoms with Crippen LogP contribution in [0, 0.1) is 0 Å². The topological polar surface area (TPSA) is 67.4 Å². The molecular formula is C18H24N4O2. The highest BCUT2D eigenvalue weighted by Gasteiger charge is 2.11. The molecule has 0 aliphatic rings. The highest BCUT2D eigenvalue weighted by Crippen LogP contribution is 2.17. The predicted octanol–water partition coefficient (Wildman–Crippen LogP) is 2.65. The molecule has 6 heteroatoms. The van der Waals surface area contributed by atoms with Gasteiger partial charge in [0.15, 0.2) is 0 Å². The fraction of sp³-hybridized carbons (Fsp3) is 0.389. The highest BCUT2D eigenvalue weighted by molar-refractivity contribution is 5.92. The van der Waals surface area contributed by atoms with Crippen LogP contribution in [0.3, 0.4) is 0 Å². The average Bonchev–Trinajstić information content (AvgIpc) is 2.64. The number of carbonyl (C=O) groups is 1. The first kappa shape index (κ1) is 17.7. The van der Waals surface area contributed by atoms with E-state index in [1.54, 1.807) is 13.2 Å². The molecule has 1 amide bonds. The highest BCUT2D eigenvalue weighted by atomic mass is 16.5. The van der Waals surface area contributed by atoms with E-state index in [1.807, 2.05) is 36.2 Å². The third-order valence-corrected chi connectivity index (χ3v) is 3.76. The van der Waals surface area contributed by atoms with E-state index in [2.05, 4.69) is 22.2 Å². The Labute approximate surface area is 142 Å². The molecule has 1 aromatic carbocycles. The number of aromatic nitrogens is 2. The number of methoxy groups -OCH3 is 1. The summed E-state index contributed by atoms with van der Waals surface area (Å²) in [5, 5.41) is 2.87. The van der Waals surface area contributed by atoms with Gasteiger partial charge in [0.2, 0.25) is 0 Å². The van der Waals surface area contributed by atoms with Crippen molar-refractivity contribution < 1.29 is 9.53 Å². The van der Waals surface area contributed by atoms with Crippen molar-refractivity contribution >= 4 is 11.7 Å². The number of rotatable bonds is 8. The van der Waals surface area contributed by atoms with E-state index < -0.39 is 0 Å². The van der Waals surface area contributed by atoms with Gasteiger partial charge in [0.25, 0.3) is 5.91 Å². The molecule has 0 spiro atoms. The quantitative estimate of drug-likeness (QED) is 0.807. The zero-order chi connectivity index (χ0) is 17.4. The summed E-state index contributed by atoms with van der Waals surface area (Å²) in [6.07, 6.45) is 3.62. The third kappa shape index (κ3) is 4.68. The Morgan fingerprint density at radius 3 is 2.83 bits per heavy atom. The number of ether oxygens (including phenoxy) is 1. The lowest BCUT2D eigenvalue weighted by Crippen LogP contribution is -2.25. The molecule has 1 aromatic heterocycles. The van der Waals surface area contributed by atoms with Crippen molar-refractivity contribution in [2.75, 3.05) is 25.6 Å². The van der Waals surface area contributed by atoms with E-state index in [1.165, 1.54) is 6.33 Å². The SMILES string of the molecule is CCCCN(C)c1cc(C(=O)NCc2ccccc2OC)ncn1. The number of carbonyl (C=O) groups excluding carboxylic acids is 1. The molecule has 0 aliphatic carbocycles. The molecule has 2 rings (SSSR count). The van der Waals surface area contributed by atoms with Gasteiger partial charge in [0.05, 0.1) is 7.11 Å². The Balaban J connectivity index is 2.02. The maximum atomic E-state index is 12.3. The Morgan fingerprint density at radius 2 is 2.08 bits per heavy atom. The minimum Gasteiger partial charge on any atom is -0.496 e. The molecule has 0 atom stereocenters. The van der Waals surface area contributed by atoms with E-state index >= 15 is 0 Å². The normalized spacial score (nSPS) is 10.3. The number of para-hydroxylation sites is 1. The Morgan fingerprint density at radius 1 is 1.29 bits per heavy atom. The molecule has 24 heavy (non-hydrogen) atoms.